The average Bonchev–Trinajstić information content (AvgIpc) is 2.36. The van der Waals surface area contributed by atoms with Gasteiger partial charge in [-0.3, -0.25) is 0 Å². The second-order valence-electron chi connectivity index (χ2n) is 3.70. The van der Waals surface area contributed by atoms with Crippen molar-refractivity contribution in [2.24, 2.45) is 0 Å². The first-order valence-corrected chi connectivity index (χ1v) is 6.43. The van der Waals surface area contributed by atoms with Crippen molar-refractivity contribution in [1.82, 2.24) is 0 Å². The van der Waals surface area contributed by atoms with Gasteiger partial charge in [0.1, 0.15) is 5.82 Å². The van der Waals surface area contributed by atoms with E-state index >= 15 is 0 Å². The van der Waals surface area contributed by atoms with E-state index in [1.165, 1.54) is 17.8 Å². The summed E-state index contributed by atoms with van der Waals surface area (Å²) in [6.45, 7) is 0. The molecule has 19 heavy (non-hydrogen) atoms. The van der Waals surface area contributed by atoms with Crippen LogP contribution < -0.4 is 5.73 Å². The van der Waals surface area contributed by atoms with Crippen LogP contribution in [0.5, 0.6) is 0 Å². The highest BCUT2D eigenvalue weighted by Crippen LogP contribution is 2.34. The molecule has 2 rings (SSSR count). The van der Waals surface area contributed by atoms with Gasteiger partial charge in [-0.05, 0) is 36.4 Å². The summed E-state index contributed by atoms with van der Waals surface area (Å²) in [6.07, 6.45) is 0. The smallest absolute Gasteiger partial charge is 0.339 e. The number of benzene rings is 2. The van der Waals surface area contributed by atoms with Gasteiger partial charge >= 0.3 is 5.97 Å². The Morgan fingerprint density at radius 1 is 1.21 bits per heavy atom. The fourth-order valence-corrected chi connectivity index (χ4v) is 2.60. The Balaban J connectivity index is 2.42. The van der Waals surface area contributed by atoms with E-state index in [2.05, 4.69) is 0 Å². The van der Waals surface area contributed by atoms with Crippen molar-refractivity contribution in [3.63, 3.8) is 0 Å². The van der Waals surface area contributed by atoms with E-state index in [1.807, 2.05) is 0 Å². The van der Waals surface area contributed by atoms with E-state index in [9.17, 15) is 9.18 Å². The molecule has 0 aliphatic carbocycles. The van der Waals surface area contributed by atoms with Gasteiger partial charge in [-0.2, -0.15) is 0 Å². The zero-order chi connectivity index (χ0) is 14.0. The number of hydrogen-bond donors (Lipinski definition) is 2. The van der Waals surface area contributed by atoms with Crippen LogP contribution in [0.15, 0.2) is 46.2 Å². The van der Waals surface area contributed by atoms with Crippen LogP contribution in [-0.2, 0) is 0 Å². The van der Waals surface area contributed by atoms with Crippen LogP contribution in [0, 0.1) is 5.82 Å². The lowest BCUT2D eigenvalue weighted by Crippen LogP contribution is -2.06. The molecule has 3 N–H and O–H groups in total. The van der Waals surface area contributed by atoms with Crippen LogP contribution in [0.2, 0.25) is 5.02 Å². The molecule has 98 valence electrons. The van der Waals surface area contributed by atoms with Crippen LogP contribution >= 0.6 is 23.4 Å². The maximum atomic E-state index is 13.3. The molecule has 0 saturated carbocycles. The molecule has 0 heterocycles. The molecular formula is C13H9ClFNO2S. The Hall–Kier alpha value is -1.72. The number of nitrogens with two attached hydrogens (primary N) is 1. The molecule has 2 aromatic carbocycles. The number of carbonyl (C=O) groups is 1. The van der Waals surface area contributed by atoms with Crippen LogP contribution in [0.25, 0.3) is 0 Å². The number of hydrogen-bond acceptors (Lipinski definition) is 3. The van der Waals surface area contributed by atoms with Gasteiger partial charge in [0, 0.05) is 14.8 Å². The third-order valence-electron chi connectivity index (χ3n) is 2.41. The van der Waals surface area contributed by atoms with Crippen molar-refractivity contribution in [3.8, 4) is 0 Å². The molecule has 0 atom stereocenters. The Morgan fingerprint density at radius 3 is 2.42 bits per heavy atom. The van der Waals surface area contributed by atoms with Crippen LogP contribution in [0.4, 0.5) is 10.1 Å². The van der Waals surface area contributed by atoms with Gasteiger partial charge in [-0.1, -0.05) is 23.4 Å². The molecule has 0 amide bonds. The minimum absolute atomic E-state index is 0.222. The molecule has 0 aliphatic heterocycles. The van der Waals surface area contributed by atoms with Gasteiger partial charge < -0.3 is 10.8 Å². The standard InChI is InChI=1S/C13H9ClFNO2S/c14-7-1-3-8(4-2-7)19-10-6-5-9(15)12(16)11(10)13(17)18/h1-6H,16H2,(H,17,18). The number of halogens is 2. The van der Waals surface area contributed by atoms with Crippen LogP contribution in [-0.4, -0.2) is 11.1 Å². The van der Waals surface area contributed by atoms with Crippen molar-refractivity contribution in [2.75, 3.05) is 5.73 Å². The van der Waals surface area contributed by atoms with E-state index in [0.717, 1.165) is 11.0 Å². The highest BCUT2D eigenvalue weighted by Gasteiger charge is 2.18. The first-order chi connectivity index (χ1) is 8.99. The Kier molecular flexibility index (Phi) is 3.97. The summed E-state index contributed by atoms with van der Waals surface area (Å²) in [5.74, 6) is -1.99. The van der Waals surface area contributed by atoms with Gasteiger partial charge in [0.05, 0.1) is 11.3 Å². The first-order valence-electron chi connectivity index (χ1n) is 5.23. The zero-order valence-corrected chi connectivity index (χ0v) is 11.1. The zero-order valence-electron chi connectivity index (χ0n) is 9.56. The van der Waals surface area contributed by atoms with Gasteiger partial charge in [-0.15, -0.1) is 0 Å². The number of carboxylic acid groups (broad SMARTS) is 1. The molecule has 0 saturated heterocycles. The summed E-state index contributed by atoms with van der Waals surface area (Å²) < 4.78 is 13.3. The van der Waals surface area contributed by atoms with Crippen molar-refractivity contribution in [2.45, 2.75) is 9.79 Å². The molecule has 0 aliphatic rings. The van der Waals surface area contributed by atoms with Crippen LogP contribution in [0.3, 0.4) is 0 Å². The van der Waals surface area contributed by atoms with E-state index in [4.69, 9.17) is 22.4 Å². The van der Waals surface area contributed by atoms with Gasteiger partial charge in [-0.25, -0.2) is 9.18 Å². The summed E-state index contributed by atoms with van der Waals surface area (Å²) in [4.78, 5) is 12.3. The summed E-state index contributed by atoms with van der Waals surface area (Å²) in [5, 5.41) is 9.70. The highest BCUT2D eigenvalue weighted by atomic mass is 35.5. The Morgan fingerprint density at radius 2 is 1.84 bits per heavy atom. The van der Waals surface area contributed by atoms with E-state index in [1.54, 1.807) is 24.3 Å². The second kappa shape index (κ2) is 5.50. The number of nitrogen functional groups attached to an aromatic ring is 1. The fourth-order valence-electron chi connectivity index (χ4n) is 1.51. The van der Waals surface area contributed by atoms with Gasteiger partial charge in [0.2, 0.25) is 0 Å². The van der Waals surface area contributed by atoms with E-state index < -0.39 is 11.8 Å². The molecule has 2 aromatic rings. The SMILES string of the molecule is Nc1c(F)ccc(Sc2ccc(Cl)cc2)c1C(=O)O. The average molecular weight is 298 g/mol. The Labute approximate surface area is 118 Å². The minimum Gasteiger partial charge on any atom is -0.478 e. The van der Waals surface area contributed by atoms with Gasteiger partial charge in [0.25, 0.3) is 0 Å². The van der Waals surface area contributed by atoms with Crippen molar-refractivity contribution in [1.29, 1.82) is 0 Å². The molecule has 0 bridgehead atoms. The molecule has 0 unspecified atom stereocenters. The number of anilines is 1. The molecule has 3 nitrogen and oxygen atoms in total. The first kappa shape index (κ1) is 13.7. The fraction of sp³-hybridized carbons (Fsp3) is 0. The molecular weight excluding hydrogens is 289 g/mol. The maximum absolute atomic E-state index is 13.3. The predicted molar refractivity (Wildman–Crippen MR) is 73.3 cm³/mol. The predicted octanol–water partition coefficient (Wildman–Crippen LogP) is 3.91. The second-order valence-corrected chi connectivity index (χ2v) is 5.25. The number of rotatable bonds is 3. The molecule has 0 spiro atoms. The molecule has 0 radical (unpaired) electrons. The van der Waals surface area contributed by atoms with E-state index in [-0.39, 0.29) is 11.3 Å². The summed E-state index contributed by atoms with van der Waals surface area (Å²) in [6, 6.07) is 9.43. The number of carboxylic acids is 1. The lowest BCUT2D eigenvalue weighted by atomic mass is 10.2. The van der Waals surface area contributed by atoms with Crippen molar-refractivity contribution >= 4 is 35.0 Å². The third kappa shape index (κ3) is 3.00. The third-order valence-corrected chi connectivity index (χ3v) is 3.73. The lowest BCUT2D eigenvalue weighted by molar-refractivity contribution is 0.0694. The van der Waals surface area contributed by atoms with E-state index in [0.29, 0.717) is 9.92 Å². The lowest BCUT2D eigenvalue weighted by Gasteiger charge is -2.09. The minimum atomic E-state index is -1.26. The number of aromatic carboxylic acids is 1. The monoisotopic (exact) mass is 297 g/mol. The molecule has 0 fully saturated rings. The summed E-state index contributed by atoms with van der Waals surface area (Å²) in [5.41, 5.74) is 4.89. The Bertz CT molecular complexity index is 631. The van der Waals surface area contributed by atoms with Crippen molar-refractivity contribution in [3.05, 3.63) is 52.8 Å². The summed E-state index contributed by atoms with van der Waals surface area (Å²) >= 11 is 6.96. The maximum Gasteiger partial charge on any atom is 0.339 e. The van der Waals surface area contributed by atoms with Gasteiger partial charge in [0.15, 0.2) is 0 Å². The summed E-state index contributed by atoms with van der Waals surface area (Å²) in [7, 11) is 0. The molecule has 0 aromatic heterocycles. The highest BCUT2D eigenvalue weighted by molar-refractivity contribution is 7.99. The molecule has 6 heteroatoms. The normalized spacial score (nSPS) is 10.4. The van der Waals surface area contributed by atoms with Crippen molar-refractivity contribution < 1.29 is 14.3 Å². The quantitative estimate of drug-likeness (QED) is 0.843. The topological polar surface area (TPSA) is 63.3 Å². The van der Waals surface area contributed by atoms with Crippen LogP contribution in [0.1, 0.15) is 10.4 Å². The largest absolute Gasteiger partial charge is 0.478 e.